The van der Waals surface area contributed by atoms with Gasteiger partial charge >= 0.3 is 0 Å². The minimum atomic E-state index is 0.0338. The third-order valence-corrected chi connectivity index (χ3v) is 3.88. The molecule has 1 aromatic carbocycles. The van der Waals surface area contributed by atoms with E-state index in [1.54, 1.807) is 11.0 Å². The molecule has 4 nitrogen and oxygen atoms in total. The van der Waals surface area contributed by atoms with Crippen LogP contribution in [0.15, 0.2) is 34.7 Å². The molecule has 0 atom stereocenters. The number of anilines is 1. The topological polar surface area (TPSA) is 53.7 Å². The number of hydrogen-bond acceptors (Lipinski definition) is 3. The smallest absolute Gasteiger partial charge is 0.227 e. The molecule has 1 amide bonds. The van der Waals surface area contributed by atoms with Gasteiger partial charge < -0.3 is 14.4 Å². The largest absolute Gasteiger partial charge is 0.506 e. The predicted molar refractivity (Wildman–Crippen MR) is 80.5 cm³/mol. The molecule has 0 fully saturated rings. The molecule has 2 heterocycles. The summed E-state index contributed by atoms with van der Waals surface area (Å²) in [5.74, 6) is 1.91. The molecule has 0 bridgehead atoms. The summed E-state index contributed by atoms with van der Waals surface area (Å²) in [4.78, 5) is 14.2. The molecule has 1 aliphatic heterocycles. The molecule has 0 saturated heterocycles. The Hall–Kier alpha value is -2.23. The molecular weight excluding hydrogens is 266 g/mol. The molecular formula is C17H19NO3. The molecule has 21 heavy (non-hydrogen) atoms. The van der Waals surface area contributed by atoms with Gasteiger partial charge in [-0.05, 0) is 43.5 Å². The molecule has 0 aliphatic carbocycles. The first-order valence-corrected chi connectivity index (χ1v) is 7.31. The molecule has 0 unspecified atom stereocenters. The quantitative estimate of drug-likeness (QED) is 0.942. The maximum Gasteiger partial charge on any atom is 0.227 e. The van der Waals surface area contributed by atoms with Gasteiger partial charge in [-0.15, -0.1) is 0 Å². The Balaban J connectivity index is 1.74. The monoisotopic (exact) mass is 285 g/mol. The van der Waals surface area contributed by atoms with Gasteiger partial charge in [-0.25, -0.2) is 0 Å². The molecule has 1 N–H and O–H groups in total. The van der Waals surface area contributed by atoms with Crippen LogP contribution in [0, 0.1) is 6.92 Å². The first-order valence-electron chi connectivity index (χ1n) is 7.31. The molecule has 3 rings (SSSR count). The number of phenolic OH excluding ortho intramolecular Hbond substituents is 1. The summed E-state index contributed by atoms with van der Waals surface area (Å²) in [6.45, 7) is 2.56. The number of furan rings is 1. The number of benzene rings is 1. The van der Waals surface area contributed by atoms with E-state index in [4.69, 9.17) is 4.42 Å². The minimum Gasteiger partial charge on any atom is -0.506 e. The number of para-hydroxylation sites is 1. The third kappa shape index (κ3) is 2.79. The predicted octanol–water partition coefficient (Wildman–Crippen LogP) is 3.21. The van der Waals surface area contributed by atoms with Crippen molar-refractivity contribution in [2.24, 2.45) is 0 Å². The zero-order valence-electron chi connectivity index (χ0n) is 12.1. The highest BCUT2D eigenvalue weighted by atomic mass is 16.3. The zero-order valence-corrected chi connectivity index (χ0v) is 12.1. The van der Waals surface area contributed by atoms with Crippen LogP contribution in [0.4, 0.5) is 5.69 Å². The van der Waals surface area contributed by atoms with Gasteiger partial charge in [-0.1, -0.05) is 12.1 Å². The lowest BCUT2D eigenvalue weighted by molar-refractivity contribution is -0.118. The van der Waals surface area contributed by atoms with E-state index in [1.165, 1.54) is 0 Å². The lowest BCUT2D eigenvalue weighted by atomic mass is 10.0. The van der Waals surface area contributed by atoms with Gasteiger partial charge in [0.1, 0.15) is 17.3 Å². The van der Waals surface area contributed by atoms with Crippen LogP contribution in [-0.4, -0.2) is 17.6 Å². The first-order chi connectivity index (χ1) is 10.1. The van der Waals surface area contributed by atoms with E-state index in [0.29, 0.717) is 25.1 Å². The standard InChI is InChI=1S/C17H19NO3/c1-12-7-8-14(21-12)9-10-16(20)18-11-3-5-13-4-2-6-15(19)17(13)18/h2,4,6-8,19H,3,5,9-11H2,1H3. The van der Waals surface area contributed by atoms with Gasteiger partial charge in [0.15, 0.2) is 0 Å². The van der Waals surface area contributed by atoms with Crippen molar-refractivity contribution in [1.82, 2.24) is 0 Å². The van der Waals surface area contributed by atoms with E-state index in [0.717, 1.165) is 29.9 Å². The van der Waals surface area contributed by atoms with Crippen LogP contribution < -0.4 is 4.90 Å². The Morgan fingerprint density at radius 1 is 1.33 bits per heavy atom. The second-order valence-corrected chi connectivity index (χ2v) is 5.45. The number of amides is 1. The van der Waals surface area contributed by atoms with Crippen molar-refractivity contribution in [2.75, 3.05) is 11.4 Å². The van der Waals surface area contributed by atoms with Crippen molar-refractivity contribution in [2.45, 2.75) is 32.6 Å². The van der Waals surface area contributed by atoms with E-state index in [9.17, 15) is 9.90 Å². The van der Waals surface area contributed by atoms with E-state index in [2.05, 4.69) is 0 Å². The SMILES string of the molecule is Cc1ccc(CCC(=O)N2CCCc3cccc(O)c32)o1. The van der Waals surface area contributed by atoms with Crippen molar-refractivity contribution in [3.63, 3.8) is 0 Å². The fourth-order valence-corrected chi connectivity index (χ4v) is 2.86. The highest BCUT2D eigenvalue weighted by Gasteiger charge is 2.25. The summed E-state index contributed by atoms with van der Waals surface area (Å²) < 4.78 is 5.49. The summed E-state index contributed by atoms with van der Waals surface area (Å²) in [6, 6.07) is 9.25. The number of fused-ring (bicyclic) bond motifs is 1. The van der Waals surface area contributed by atoms with E-state index in [-0.39, 0.29) is 11.7 Å². The zero-order chi connectivity index (χ0) is 14.8. The number of aromatic hydroxyl groups is 1. The molecule has 1 aliphatic rings. The number of hydrogen-bond donors (Lipinski definition) is 1. The van der Waals surface area contributed by atoms with Gasteiger partial charge in [0.2, 0.25) is 5.91 Å². The minimum absolute atomic E-state index is 0.0338. The highest BCUT2D eigenvalue weighted by Crippen LogP contribution is 2.35. The number of carbonyl (C=O) groups excluding carboxylic acids is 1. The lowest BCUT2D eigenvalue weighted by Gasteiger charge is -2.30. The summed E-state index contributed by atoms with van der Waals surface area (Å²) in [5.41, 5.74) is 1.73. The van der Waals surface area contributed by atoms with Crippen LogP contribution in [0.25, 0.3) is 0 Å². The second kappa shape index (κ2) is 5.64. The number of nitrogens with zero attached hydrogens (tertiary/aromatic N) is 1. The highest BCUT2D eigenvalue weighted by molar-refractivity contribution is 5.96. The number of carbonyl (C=O) groups is 1. The first kappa shape index (κ1) is 13.7. The van der Waals surface area contributed by atoms with Gasteiger partial charge in [0.05, 0.1) is 5.69 Å². The Labute approximate surface area is 124 Å². The third-order valence-electron chi connectivity index (χ3n) is 3.88. The molecule has 4 heteroatoms. The fourth-order valence-electron chi connectivity index (χ4n) is 2.86. The van der Waals surface area contributed by atoms with Crippen LogP contribution >= 0.6 is 0 Å². The van der Waals surface area contributed by atoms with Gasteiger partial charge in [0, 0.05) is 19.4 Å². The summed E-state index contributed by atoms with van der Waals surface area (Å²) >= 11 is 0. The number of rotatable bonds is 3. The summed E-state index contributed by atoms with van der Waals surface area (Å²) in [5, 5.41) is 10.1. The van der Waals surface area contributed by atoms with Crippen molar-refractivity contribution >= 4 is 11.6 Å². The molecule has 0 radical (unpaired) electrons. The van der Waals surface area contributed by atoms with Crippen LogP contribution in [0.2, 0.25) is 0 Å². The van der Waals surface area contributed by atoms with Crippen LogP contribution in [0.3, 0.4) is 0 Å². The van der Waals surface area contributed by atoms with Crippen molar-refractivity contribution < 1.29 is 14.3 Å². The van der Waals surface area contributed by atoms with Crippen LogP contribution in [0.5, 0.6) is 5.75 Å². The van der Waals surface area contributed by atoms with Gasteiger partial charge in [0.25, 0.3) is 0 Å². The molecule has 110 valence electrons. The second-order valence-electron chi connectivity index (χ2n) is 5.45. The average molecular weight is 285 g/mol. The normalized spacial score (nSPS) is 14.0. The number of phenols is 1. The van der Waals surface area contributed by atoms with Crippen LogP contribution in [-0.2, 0) is 17.6 Å². The van der Waals surface area contributed by atoms with Crippen molar-refractivity contribution in [3.8, 4) is 5.75 Å². The number of aryl methyl sites for hydroxylation is 3. The maximum atomic E-state index is 12.5. The molecule has 0 saturated carbocycles. The van der Waals surface area contributed by atoms with Crippen LogP contribution in [0.1, 0.15) is 29.9 Å². The Kier molecular flexibility index (Phi) is 3.69. The Morgan fingerprint density at radius 3 is 2.95 bits per heavy atom. The summed E-state index contributed by atoms with van der Waals surface area (Å²) in [7, 11) is 0. The van der Waals surface area contributed by atoms with Gasteiger partial charge in [-0.2, -0.15) is 0 Å². The van der Waals surface area contributed by atoms with Crippen molar-refractivity contribution in [1.29, 1.82) is 0 Å². The van der Waals surface area contributed by atoms with Gasteiger partial charge in [-0.3, -0.25) is 4.79 Å². The van der Waals surface area contributed by atoms with E-state index in [1.807, 2.05) is 31.2 Å². The molecule has 0 spiro atoms. The Morgan fingerprint density at radius 2 is 2.19 bits per heavy atom. The lowest BCUT2D eigenvalue weighted by Crippen LogP contribution is -2.35. The molecule has 2 aromatic rings. The average Bonchev–Trinajstić information content (AvgIpc) is 2.90. The van der Waals surface area contributed by atoms with E-state index >= 15 is 0 Å². The Bertz CT molecular complexity index is 660. The summed E-state index contributed by atoms with van der Waals surface area (Å²) in [6.07, 6.45) is 2.82. The fraction of sp³-hybridized carbons (Fsp3) is 0.353. The van der Waals surface area contributed by atoms with Crippen molar-refractivity contribution in [3.05, 3.63) is 47.4 Å². The molecule has 1 aromatic heterocycles. The maximum absolute atomic E-state index is 12.5. The van der Waals surface area contributed by atoms with E-state index < -0.39 is 0 Å².